The number of aromatic nitrogens is 1. The summed E-state index contributed by atoms with van der Waals surface area (Å²) < 4.78 is 27.4. The number of rotatable bonds is 7. The Bertz CT molecular complexity index is 940. The third-order valence-electron chi connectivity index (χ3n) is 5.31. The summed E-state index contributed by atoms with van der Waals surface area (Å²) in [4.78, 5) is 20.8. The first kappa shape index (κ1) is 21.3. The lowest BCUT2D eigenvalue weighted by atomic mass is 10.1. The molecule has 0 bridgehead atoms. The van der Waals surface area contributed by atoms with Gasteiger partial charge in [0.05, 0.1) is 4.90 Å². The second kappa shape index (κ2) is 9.37. The molecule has 1 aliphatic heterocycles. The molecule has 1 N–H and O–H groups in total. The summed E-state index contributed by atoms with van der Waals surface area (Å²) >= 11 is 0. The van der Waals surface area contributed by atoms with Crippen LogP contribution in [0, 0.1) is 13.8 Å². The number of aryl methyl sites for hydroxylation is 2. The fourth-order valence-corrected chi connectivity index (χ4v) is 4.50. The van der Waals surface area contributed by atoms with E-state index >= 15 is 0 Å². The van der Waals surface area contributed by atoms with Gasteiger partial charge in [0.15, 0.2) is 0 Å². The SMILES string of the molecule is Cc1ccc(S(=O)(=O)NCCCC(=O)N2CCN(c3ccncc3)CC2)cc1C. The van der Waals surface area contributed by atoms with Gasteiger partial charge in [0.25, 0.3) is 0 Å². The second-order valence-corrected chi connectivity index (χ2v) is 9.09. The summed E-state index contributed by atoms with van der Waals surface area (Å²) in [5, 5.41) is 0. The fourth-order valence-electron chi connectivity index (χ4n) is 3.34. The normalized spacial score (nSPS) is 14.8. The first-order chi connectivity index (χ1) is 13.9. The molecule has 0 saturated carbocycles. The summed E-state index contributed by atoms with van der Waals surface area (Å²) in [6, 6.07) is 9.03. The summed E-state index contributed by atoms with van der Waals surface area (Å²) in [6.45, 7) is 7.01. The van der Waals surface area contributed by atoms with E-state index in [4.69, 9.17) is 0 Å². The maximum atomic E-state index is 12.4. The van der Waals surface area contributed by atoms with Gasteiger partial charge < -0.3 is 9.80 Å². The minimum Gasteiger partial charge on any atom is -0.368 e. The van der Waals surface area contributed by atoms with Gasteiger partial charge in [0.2, 0.25) is 15.9 Å². The van der Waals surface area contributed by atoms with Crippen LogP contribution in [0.15, 0.2) is 47.6 Å². The van der Waals surface area contributed by atoms with Gasteiger partial charge in [-0.25, -0.2) is 13.1 Å². The number of carbonyl (C=O) groups excluding carboxylic acids is 1. The van der Waals surface area contributed by atoms with Crippen LogP contribution < -0.4 is 9.62 Å². The standard InChI is InChI=1S/C21H28N4O3S/c1-17-5-6-20(16-18(17)2)29(27,28)23-9-3-4-21(26)25-14-12-24(13-15-25)19-7-10-22-11-8-19/h5-8,10-11,16,23H,3-4,9,12-15H2,1-2H3. The highest BCUT2D eigenvalue weighted by atomic mass is 32.2. The van der Waals surface area contributed by atoms with Crippen LogP contribution in [0.1, 0.15) is 24.0 Å². The predicted octanol–water partition coefficient (Wildman–Crippen LogP) is 2.11. The first-order valence-electron chi connectivity index (χ1n) is 9.86. The van der Waals surface area contributed by atoms with Crippen molar-refractivity contribution < 1.29 is 13.2 Å². The number of nitrogens with zero attached hydrogens (tertiary/aromatic N) is 3. The number of carbonyl (C=O) groups is 1. The first-order valence-corrected chi connectivity index (χ1v) is 11.3. The molecule has 1 amide bonds. The topological polar surface area (TPSA) is 82.6 Å². The Morgan fingerprint density at radius 3 is 2.38 bits per heavy atom. The van der Waals surface area contributed by atoms with E-state index in [1.165, 1.54) is 0 Å². The molecule has 29 heavy (non-hydrogen) atoms. The van der Waals surface area contributed by atoms with E-state index < -0.39 is 10.0 Å². The molecule has 1 aliphatic rings. The Morgan fingerprint density at radius 1 is 1.03 bits per heavy atom. The van der Waals surface area contributed by atoms with Crippen LogP contribution in [0.2, 0.25) is 0 Å². The van der Waals surface area contributed by atoms with Crippen molar-refractivity contribution in [3.8, 4) is 0 Å². The number of hydrogen-bond donors (Lipinski definition) is 1. The van der Waals surface area contributed by atoms with Crippen LogP contribution in [-0.4, -0.2) is 56.9 Å². The molecular formula is C21H28N4O3S. The molecular weight excluding hydrogens is 388 g/mol. The molecule has 8 heteroatoms. The highest BCUT2D eigenvalue weighted by molar-refractivity contribution is 7.89. The molecule has 1 aromatic carbocycles. The van der Waals surface area contributed by atoms with E-state index in [1.54, 1.807) is 30.6 Å². The number of benzene rings is 1. The molecule has 1 aromatic heterocycles. The zero-order chi connectivity index (χ0) is 20.9. The lowest BCUT2D eigenvalue weighted by molar-refractivity contribution is -0.131. The van der Waals surface area contributed by atoms with Crippen molar-refractivity contribution in [2.75, 3.05) is 37.6 Å². The highest BCUT2D eigenvalue weighted by Gasteiger charge is 2.21. The minimum atomic E-state index is -3.55. The van der Waals surface area contributed by atoms with E-state index in [1.807, 2.05) is 30.9 Å². The van der Waals surface area contributed by atoms with Crippen molar-refractivity contribution >= 4 is 21.6 Å². The number of piperazine rings is 1. The van der Waals surface area contributed by atoms with E-state index in [9.17, 15) is 13.2 Å². The van der Waals surface area contributed by atoms with Gasteiger partial charge in [-0.1, -0.05) is 6.07 Å². The minimum absolute atomic E-state index is 0.0738. The van der Waals surface area contributed by atoms with Crippen molar-refractivity contribution in [2.24, 2.45) is 0 Å². The smallest absolute Gasteiger partial charge is 0.240 e. The Morgan fingerprint density at radius 2 is 1.72 bits per heavy atom. The van der Waals surface area contributed by atoms with Crippen molar-refractivity contribution in [3.05, 3.63) is 53.9 Å². The molecule has 7 nitrogen and oxygen atoms in total. The maximum Gasteiger partial charge on any atom is 0.240 e. The average Bonchev–Trinajstić information content (AvgIpc) is 2.73. The average molecular weight is 417 g/mol. The molecule has 156 valence electrons. The molecule has 0 aliphatic carbocycles. The Balaban J connectivity index is 1.41. The molecule has 2 aromatic rings. The van der Waals surface area contributed by atoms with Crippen molar-refractivity contribution in [3.63, 3.8) is 0 Å². The summed E-state index contributed by atoms with van der Waals surface area (Å²) in [7, 11) is -3.55. The Kier molecular flexibility index (Phi) is 6.87. The van der Waals surface area contributed by atoms with Gasteiger partial charge in [-0.05, 0) is 55.7 Å². The van der Waals surface area contributed by atoms with Crippen molar-refractivity contribution in [1.29, 1.82) is 0 Å². The van der Waals surface area contributed by atoms with Crippen LogP contribution in [-0.2, 0) is 14.8 Å². The Labute approximate surface area is 172 Å². The summed E-state index contributed by atoms with van der Waals surface area (Å²) in [6.07, 6.45) is 4.36. The molecule has 1 saturated heterocycles. The second-order valence-electron chi connectivity index (χ2n) is 7.32. The molecule has 0 radical (unpaired) electrons. The zero-order valence-corrected chi connectivity index (χ0v) is 17.8. The molecule has 1 fully saturated rings. The number of amides is 1. The van der Waals surface area contributed by atoms with E-state index in [0.29, 0.717) is 25.9 Å². The monoisotopic (exact) mass is 416 g/mol. The largest absolute Gasteiger partial charge is 0.368 e. The zero-order valence-electron chi connectivity index (χ0n) is 17.0. The van der Waals surface area contributed by atoms with E-state index in [2.05, 4.69) is 14.6 Å². The summed E-state index contributed by atoms with van der Waals surface area (Å²) in [5.41, 5.74) is 3.11. The molecule has 0 atom stereocenters. The van der Waals surface area contributed by atoms with E-state index in [-0.39, 0.29) is 17.3 Å². The maximum absolute atomic E-state index is 12.4. The van der Waals surface area contributed by atoms with Crippen LogP contribution >= 0.6 is 0 Å². The predicted molar refractivity (Wildman–Crippen MR) is 113 cm³/mol. The number of hydrogen-bond acceptors (Lipinski definition) is 5. The van der Waals surface area contributed by atoms with Gasteiger partial charge >= 0.3 is 0 Å². The molecule has 2 heterocycles. The van der Waals surface area contributed by atoms with Crippen molar-refractivity contribution in [1.82, 2.24) is 14.6 Å². The third-order valence-corrected chi connectivity index (χ3v) is 6.77. The van der Waals surface area contributed by atoms with Crippen LogP contribution in [0.5, 0.6) is 0 Å². The van der Waals surface area contributed by atoms with Crippen LogP contribution in [0.25, 0.3) is 0 Å². The highest BCUT2D eigenvalue weighted by Crippen LogP contribution is 2.16. The van der Waals surface area contributed by atoms with Gasteiger partial charge in [0.1, 0.15) is 0 Å². The van der Waals surface area contributed by atoms with Gasteiger partial charge in [-0.2, -0.15) is 0 Å². The number of anilines is 1. The van der Waals surface area contributed by atoms with Crippen LogP contribution in [0.3, 0.4) is 0 Å². The third kappa shape index (κ3) is 5.55. The van der Waals surface area contributed by atoms with Crippen LogP contribution in [0.4, 0.5) is 5.69 Å². The summed E-state index contributed by atoms with van der Waals surface area (Å²) in [5.74, 6) is 0.0738. The number of sulfonamides is 1. The van der Waals surface area contributed by atoms with Gasteiger partial charge in [-0.3, -0.25) is 9.78 Å². The molecule has 3 rings (SSSR count). The quantitative estimate of drug-likeness (QED) is 0.699. The lowest BCUT2D eigenvalue weighted by Crippen LogP contribution is -2.48. The Hall–Kier alpha value is -2.45. The van der Waals surface area contributed by atoms with Crippen molar-refractivity contribution in [2.45, 2.75) is 31.6 Å². The van der Waals surface area contributed by atoms with Gasteiger partial charge in [0, 0.05) is 57.2 Å². The number of nitrogens with one attached hydrogen (secondary N) is 1. The number of pyridine rings is 1. The van der Waals surface area contributed by atoms with Gasteiger partial charge in [-0.15, -0.1) is 0 Å². The molecule has 0 unspecified atom stereocenters. The van der Waals surface area contributed by atoms with E-state index in [0.717, 1.165) is 29.9 Å². The molecule has 0 spiro atoms. The lowest BCUT2D eigenvalue weighted by Gasteiger charge is -2.36. The fraction of sp³-hybridized carbons (Fsp3) is 0.429.